The second-order valence-electron chi connectivity index (χ2n) is 9.48. The van der Waals surface area contributed by atoms with Gasteiger partial charge in [0.1, 0.15) is 18.1 Å². The van der Waals surface area contributed by atoms with Crippen LogP contribution < -0.4 is 11.3 Å². The Balaban J connectivity index is 1.78. The monoisotopic (exact) mass is 433 g/mol. The zero-order valence-corrected chi connectivity index (χ0v) is 18.8. The summed E-state index contributed by atoms with van der Waals surface area (Å²) in [7, 11) is 0. The highest BCUT2D eigenvalue weighted by molar-refractivity contribution is 5.95. The maximum Gasteiger partial charge on any atom is 0.258 e. The summed E-state index contributed by atoms with van der Waals surface area (Å²) in [5.74, 6) is 0.532. The first kappa shape index (κ1) is 20.6. The van der Waals surface area contributed by atoms with E-state index in [4.69, 9.17) is 20.2 Å². The van der Waals surface area contributed by atoms with Crippen molar-refractivity contribution in [1.82, 2.24) is 9.55 Å². The van der Waals surface area contributed by atoms with E-state index < -0.39 is 11.2 Å². The molecule has 32 heavy (non-hydrogen) atoms. The largest absolute Gasteiger partial charge is 0.506 e. The number of ether oxygens (including phenoxy) is 2. The van der Waals surface area contributed by atoms with Gasteiger partial charge in [-0.25, -0.2) is 4.98 Å². The molecule has 2 aliphatic rings. The van der Waals surface area contributed by atoms with Crippen LogP contribution in [0.4, 0.5) is 5.69 Å². The van der Waals surface area contributed by atoms with Gasteiger partial charge < -0.3 is 24.9 Å². The van der Waals surface area contributed by atoms with E-state index in [1.54, 1.807) is 10.6 Å². The Labute approximate surface area is 186 Å². The Morgan fingerprint density at radius 2 is 2.09 bits per heavy atom. The quantitative estimate of drug-likeness (QED) is 0.363. The maximum absolute atomic E-state index is 13.6. The number of nitrogens with zero attached hydrogens (tertiary/aromatic N) is 2. The van der Waals surface area contributed by atoms with Gasteiger partial charge in [0.2, 0.25) is 0 Å². The van der Waals surface area contributed by atoms with Gasteiger partial charge in [-0.05, 0) is 51.5 Å². The van der Waals surface area contributed by atoms with Crippen LogP contribution in [0.3, 0.4) is 0 Å². The number of phenolic OH excluding ortho intramolecular Hbond substituents is 1. The normalized spacial score (nSPS) is 19.4. The zero-order valence-electron chi connectivity index (χ0n) is 18.8. The molecule has 2 aliphatic heterocycles. The Hall–Kier alpha value is -3.32. The van der Waals surface area contributed by atoms with Crippen molar-refractivity contribution in [3.63, 3.8) is 0 Å². The highest BCUT2D eigenvalue weighted by Gasteiger charge is 2.46. The zero-order chi connectivity index (χ0) is 23.0. The smallest absolute Gasteiger partial charge is 0.258 e. The van der Waals surface area contributed by atoms with Crippen LogP contribution in [0.15, 0.2) is 41.4 Å². The number of hydrogen-bond donors (Lipinski definition) is 2. The van der Waals surface area contributed by atoms with Crippen LogP contribution in [0.5, 0.6) is 5.75 Å². The lowest BCUT2D eigenvalue weighted by atomic mass is 9.83. The fraction of sp³-hybridized carbons (Fsp3) is 0.360. The van der Waals surface area contributed by atoms with E-state index in [0.717, 1.165) is 22.5 Å². The molecule has 3 N–H and O–H groups in total. The number of rotatable bonds is 2. The number of fused-ring (bicyclic) bond motifs is 5. The number of anilines is 1. The number of aromatic nitrogens is 2. The lowest BCUT2D eigenvalue weighted by Crippen LogP contribution is -2.44. The summed E-state index contributed by atoms with van der Waals surface area (Å²) < 4.78 is 14.1. The Morgan fingerprint density at radius 1 is 1.34 bits per heavy atom. The average molecular weight is 434 g/mol. The molecular weight excluding hydrogens is 406 g/mol. The predicted molar refractivity (Wildman–Crippen MR) is 123 cm³/mol. The lowest BCUT2D eigenvalue weighted by Gasteiger charge is -2.43. The van der Waals surface area contributed by atoms with E-state index in [1.807, 2.05) is 39.8 Å². The molecule has 0 aliphatic carbocycles. The molecule has 5 rings (SSSR count). The first-order chi connectivity index (χ1) is 15.1. The Bertz CT molecular complexity index is 1370. The third-order valence-electron chi connectivity index (χ3n) is 6.32. The molecule has 1 atom stereocenters. The van der Waals surface area contributed by atoms with Crippen molar-refractivity contribution in [1.29, 1.82) is 0 Å². The minimum absolute atomic E-state index is 0.0186. The van der Waals surface area contributed by atoms with Gasteiger partial charge in [-0.15, -0.1) is 0 Å². The highest BCUT2D eigenvalue weighted by atomic mass is 16.6. The fourth-order valence-electron chi connectivity index (χ4n) is 4.87. The molecule has 3 aromatic rings. The third-order valence-corrected chi connectivity index (χ3v) is 6.32. The van der Waals surface area contributed by atoms with Crippen molar-refractivity contribution in [3.05, 3.63) is 63.6 Å². The van der Waals surface area contributed by atoms with E-state index >= 15 is 0 Å². The molecule has 4 heterocycles. The lowest BCUT2D eigenvalue weighted by molar-refractivity contribution is -0.149. The second-order valence-corrected chi connectivity index (χ2v) is 9.48. The summed E-state index contributed by atoms with van der Waals surface area (Å²) in [5, 5.41) is 10.7. The minimum atomic E-state index is -0.920. The van der Waals surface area contributed by atoms with Gasteiger partial charge in [0.25, 0.3) is 5.56 Å². The van der Waals surface area contributed by atoms with Crippen molar-refractivity contribution in [3.8, 4) is 17.1 Å². The second kappa shape index (κ2) is 6.59. The van der Waals surface area contributed by atoms with Crippen LogP contribution >= 0.6 is 0 Å². The van der Waals surface area contributed by atoms with E-state index in [2.05, 4.69) is 6.58 Å². The third kappa shape index (κ3) is 2.77. The number of hydrogen-bond acceptors (Lipinski definition) is 6. The number of aromatic hydroxyl groups is 1. The molecule has 0 spiro atoms. The molecule has 0 radical (unpaired) electrons. The number of phenols is 1. The molecule has 0 saturated heterocycles. The van der Waals surface area contributed by atoms with Crippen LogP contribution in [-0.4, -0.2) is 20.3 Å². The molecule has 0 saturated carbocycles. The molecule has 1 aromatic carbocycles. The molecule has 0 bridgehead atoms. The van der Waals surface area contributed by atoms with Crippen LogP contribution in [0.2, 0.25) is 0 Å². The molecule has 166 valence electrons. The Morgan fingerprint density at radius 3 is 2.78 bits per heavy atom. The molecular formula is C25H27N3O4. The van der Waals surface area contributed by atoms with Gasteiger partial charge in [0, 0.05) is 16.5 Å². The van der Waals surface area contributed by atoms with Gasteiger partial charge in [0.05, 0.1) is 40.3 Å². The van der Waals surface area contributed by atoms with Crippen LogP contribution in [0.1, 0.15) is 50.8 Å². The number of nitrogens with two attached hydrogens (primary N) is 1. The van der Waals surface area contributed by atoms with Crippen molar-refractivity contribution in [2.75, 3.05) is 5.73 Å². The SMILES string of the molecule is C=C1OCc2c(cc3n(c2=O)Cc2cc4c(N)c(O)ccc4nc2-3)[C@]1(CC)OC(C)(C)C. The molecule has 0 unspecified atom stereocenters. The van der Waals surface area contributed by atoms with Gasteiger partial charge in [-0.2, -0.15) is 0 Å². The average Bonchev–Trinajstić information content (AvgIpc) is 3.09. The molecule has 2 aromatic heterocycles. The predicted octanol–water partition coefficient (Wildman–Crippen LogP) is 4.18. The Kier molecular flexibility index (Phi) is 4.24. The molecule has 0 fully saturated rings. The number of benzene rings is 1. The topological polar surface area (TPSA) is 99.6 Å². The summed E-state index contributed by atoms with van der Waals surface area (Å²) >= 11 is 0. The van der Waals surface area contributed by atoms with E-state index in [-0.39, 0.29) is 23.6 Å². The summed E-state index contributed by atoms with van der Waals surface area (Å²) in [6, 6.07) is 7.18. The van der Waals surface area contributed by atoms with Crippen molar-refractivity contribution < 1.29 is 14.6 Å². The van der Waals surface area contributed by atoms with Crippen molar-refractivity contribution in [2.24, 2.45) is 0 Å². The van der Waals surface area contributed by atoms with Gasteiger partial charge >= 0.3 is 0 Å². The highest BCUT2D eigenvalue weighted by Crippen LogP contribution is 2.46. The summed E-state index contributed by atoms with van der Waals surface area (Å²) in [6.07, 6.45) is 0.576. The summed E-state index contributed by atoms with van der Waals surface area (Å²) in [6.45, 7) is 12.6. The van der Waals surface area contributed by atoms with Gasteiger partial charge in [-0.1, -0.05) is 13.5 Å². The number of nitrogen functional groups attached to an aromatic ring is 1. The summed E-state index contributed by atoms with van der Waals surface area (Å²) in [5.41, 5.74) is 9.25. The van der Waals surface area contributed by atoms with E-state index in [1.165, 1.54) is 6.07 Å². The molecule has 7 nitrogen and oxygen atoms in total. The summed E-state index contributed by atoms with van der Waals surface area (Å²) in [4.78, 5) is 18.4. The van der Waals surface area contributed by atoms with Crippen molar-refractivity contribution >= 4 is 16.6 Å². The number of pyridine rings is 2. The first-order valence-electron chi connectivity index (χ1n) is 10.8. The van der Waals surface area contributed by atoms with E-state index in [0.29, 0.717) is 35.2 Å². The fourth-order valence-corrected chi connectivity index (χ4v) is 4.87. The maximum atomic E-state index is 13.6. The van der Waals surface area contributed by atoms with Crippen LogP contribution in [0.25, 0.3) is 22.3 Å². The van der Waals surface area contributed by atoms with Crippen molar-refractivity contribution in [2.45, 2.75) is 58.5 Å². The van der Waals surface area contributed by atoms with E-state index in [9.17, 15) is 9.90 Å². The first-order valence-corrected chi connectivity index (χ1v) is 10.8. The van der Waals surface area contributed by atoms with Crippen LogP contribution in [-0.2, 0) is 28.2 Å². The molecule has 0 amide bonds. The molecule has 7 heteroatoms. The standard InChI is InChI=1S/C25H27N3O4/c1-6-25(32-24(3,4)5)13(2)31-12-16-17(25)10-19-22-14(11-28(19)23(16)30)9-15-18(27-22)7-8-20(29)21(15)26/h7-10,29H,2,6,11-12,26H2,1,3-5H3/t25-/m1/s1. The van der Waals surface area contributed by atoms with Gasteiger partial charge in [0.15, 0.2) is 5.60 Å². The minimum Gasteiger partial charge on any atom is -0.506 e. The van der Waals surface area contributed by atoms with Crippen LogP contribution in [0, 0.1) is 0 Å². The van der Waals surface area contributed by atoms with Gasteiger partial charge in [-0.3, -0.25) is 4.79 Å².